The first kappa shape index (κ1) is 17.7. The van der Waals surface area contributed by atoms with Crippen LogP contribution in [0.15, 0.2) is 23.1 Å². The van der Waals surface area contributed by atoms with E-state index in [-0.39, 0.29) is 10.5 Å². The van der Waals surface area contributed by atoms with Crippen molar-refractivity contribution in [2.45, 2.75) is 44.9 Å². The van der Waals surface area contributed by atoms with Crippen LogP contribution in [0.1, 0.15) is 49.5 Å². The summed E-state index contributed by atoms with van der Waals surface area (Å²) in [6.45, 7) is 6.35. The summed E-state index contributed by atoms with van der Waals surface area (Å²) in [5.41, 5.74) is 0.670. The second-order valence-electron chi connectivity index (χ2n) is 5.41. The van der Waals surface area contributed by atoms with Crippen molar-refractivity contribution in [3.63, 3.8) is 0 Å². The minimum absolute atomic E-state index is 0.00152. The second kappa shape index (κ2) is 7.56. The van der Waals surface area contributed by atoms with E-state index in [0.29, 0.717) is 24.4 Å². The molecule has 0 aliphatic heterocycles. The molecule has 0 aliphatic carbocycles. The van der Waals surface area contributed by atoms with Crippen LogP contribution in [-0.4, -0.2) is 26.0 Å². The fourth-order valence-electron chi connectivity index (χ4n) is 2.03. The quantitative estimate of drug-likeness (QED) is 0.723. The number of benzene rings is 1. The Kier molecular flexibility index (Phi) is 6.36. The standard InChI is InChI=1S/C15H23NO4S/c1-4-12-7-8-13(10-14(12)15(17)18)21(19,20)16-9-5-6-11(2)3/h7-8,10-11,16H,4-6,9H2,1-3H3,(H,17,18). The first-order valence-corrected chi connectivity index (χ1v) is 8.62. The molecule has 1 rings (SSSR count). The van der Waals surface area contributed by atoms with Gasteiger partial charge in [-0.05, 0) is 42.9 Å². The number of rotatable bonds is 8. The monoisotopic (exact) mass is 313 g/mol. The number of carboxylic acids is 1. The normalized spacial score (nSPS) is 11.8. The number of hydrogen-bond acceptors (Lipinski definition) is 3. The fraction of sp³-hybridized carbons (Fsp3) is 0.533. The molecule has 0 saturated heterocycles. The minimum Gasteiger partial charge on any atom is -0.478 e. The lowest BCUT2D eigenvalue weighted by atomic mass is 10.1. The van der Waals surface area contributed by atoms with E-state index in [1.54, 1.807) is 6.07 Å². The zero-order chi connectivity index (χ0) is 16.0. The summed E-state index contributed by atoms with van der Waals surface area (Å²) in [5.74, 6) is -0.583. The van der Waals surface area contributed by atoms with Crippen molar-refractivity contribution >= 4 is 16.0 Å². The highest BCUT2D eigenvalue weighted by Crippen LogP contribution is 2.17. The molecule has 118 valence electrons. The number of aromatic carboxylic acids is 1. The van der Waals surface area contributed by atoms with Crippen molar-refractivity contribution in [1.29, 1.82) is 0 Å². The Morgan fingerprint density at radius 1 is 1.33 bits per heavy atom. The Morgan fingerprint density at radius 3 is 2.52 bits per heavy atom. The highest BCUT2D eigenvalue weighted by Gasteiger charge is 2.17. The van der Waals surface area contributed by atoms with Gasteiger partial charge in [-0.2, -0.15) is 0 Å². The Hall–Kier alpha value is -1.40. The fourth-order valence-corrected chi connectivity index (χ4v) is 3.13. The summed E-state index contributed by atoms with van der Waals surface area (Å²) < 4.78 is 26.8. The summed E-state index contributed by atoms with van der Waals surface area (Å²) >= 11 is 0. The van der Waals surface area contributed by atoms with Crippen molar-refractivity contribution in [2.75, 3.05) is 6.54 Å². The molecule has 0 bridgehead atoms. The molecular formula is C15H23NO4S. The topological polar surface area (TPSA) is 83.5 Å². The maximum atomic E-state index is 12.1. The summed E-state index contributed by atoms with van der Waals surface area (Å²) in [6, 6.07) is 4.24. The van der Waals surface area contributed by atoms with Crippen molar-refractivity contribution in [1.82, 2.24) is 4.72 Å². The van der Waals surface area contributed by atoms with Gasteiger partial charge < -0.3 is 5.11 Å². The molecule has 1 aromatic rings. The van der Waals surface area contributed by atoms with Crippen LogP contribution >= 0.6 is 0 Å². The Morgan fingerprint density at radius 2 is 2.00 bits per heavy atom. The molecule has 21 heavy (non-hydrogen) atoms. The van der Waals surface area contributed by atoms with E-state index in [2.05, 4.69) is 18.6 Å². The number of sulfonamides is 1. The number of hydrogen-bond donors (Lipinski definition) is 2. The SMILES string of the molecule is CCc1ccc(S(=O)(=O)NCCCC(C)C)cc1C(=O)O. The highest BCUT2D eigenvalue weighted by atomic mass is 32.2. The van der Waals surface area contributed by atoms with Gasteiger partial charge >= 0.3 is 5.97 Å². The van der Waals surface area contributed by atoms with Gasteiger partial charge in [0.05, 0.1) is 10.5 Å². The van der Waals surface area contributed by atoms with Crippen LogP contribution < -0.4 is 4.72 Å². The summed E-state index contributed by atoms with van der Waals surface area (Å²) in [5, 5.41) is 9.15. The van der Waals surface area contributed by atoms with Crippen LogP contribution in [-0.2, 0) is 16.4 Å². The average molecular weight is 313 g/mol. The van der Waals surface area contributed by atoms with Crippen molar-refractivity contribution in [2.24, 2.45) is 5.92 Å². The minimum atomic E-state index is -3.65. The largest absolute Gasteiger partial charge is 0.478 e. The zero-order valence-electron chi connectivity index (χ0n) is 12.7. The Bertz CT molecular complexity index is 594. The Labute approximate surface area is 126 Å². The second-order valence-corrected chi connectivity index (χ2v) is 7.18. The summed E-state index contributed by atoms with van der Waals surface area (Å²) in [4.78, 5) is 11.2. The summed E-state index contributed by atoms with van der Waals surface area (Å²) in [6.07, 6.45) is 2.25. The lowest BCUT2D eigenvalue weighted by molar-refractivity contribution is 0.0695. The molecule has 0 atom stereocenters. The molecule has 0 aliphatic rings. The molecule has 1 aromatic carbocycles. The number of aryl methyl sites for hydroxylation is 1. The first-order chi connectivity index (χ1) is 9.77. The first-order valence-electron chi connectivity index (χ1n) is 7.13. The van der Waals surface area contributed by atoms with Crippen LogP contribution in [0.5, 0.6) is 0 Å². The van der Waals surface area contributed by atoms with Crippen molar-refractivity contribution in [3.05, 3.63) is 29.3 Å². The molecule has 0 spiro atoms. The lowest BCUT2D eigenvalue weighted by Gasteiger charge is -2.10. The van der Waals surface area contributed by atoms with Gasteiger partial charge in [-0.25, -0.2) is 17.9 Å². The molecule has 5 nitrogen and oxygen atoms in total. The molecule has 6 heteroatoms. The molecule has 2 N–H and O–H groups in total. The molecule has 0 aromatic heterocycles. The van der Waals surface area contributed by atoms with E-state index < -0.39 is 16.0 Å². The van der Waals surface area contributed by atoms with Gasteiger partial charge in [0.25, 0.3) is 0 Å². The predicted octanol–water partition coefficient (Wildman–Crippen LogP) is 2.66. The summed E-state index contributed by atoms with van der Waals surface area (Å²) in [7, 11) is -3.65. The third kappa shape index (κ3) is 5.13. The van der Waals surface area contributed by atoms with E-state index in [4.69, 9.17) is 5.11 Å². The predicted molar refractivity (Wildman–Crippen MR) is 82.0 cm³/mol. The van der Waals surface area contributed by atoms with Gasteiger partial charge in [-0.1, -0.05) is 26.8 Å². The average Bonchev–Trinajstić information content (AvgIpc) is 2.42. The molecule has 0 fully saturated rings. The van der Waals surface area contributed by atoms with Gasteiger partial charge in [0.15, 0.2) is 0 Å². The van der Waals surface area contributed by atoms with Gasteiger partial charge in [0.2, 0.25) is 10.0 Å². The van der Waals surface area contributed by atoms with Gasteiger partial charge in [0, 0.05) is 6.54 Å². The van der Waals surface area contributed by atoms with E-state index >= 15 is 0 Å². The molecule has 0 amide bonds. The highest BCUT2D eigenvalue weighted by molar-refractivity contribution is 7.89. The lowest BCUT2D eigenvalue weighted by Crippen LogP contribution is -2.25. The van der Waals surface area contributed by atoms with Crippen LogP contribution in [0.2, 0.25) is 0 Å². The van der Waals surface area contributed by atoms with Crippen LogP contribution in [0.3, 0.4) is 0 Å². The van der Waals surface area contributed by atoms with Gasteiger partial charge in [0.1, 0.15) is 0 Å². The molecular weight excluding hydrogens is 290 g/mol. The maximum absolute atomic E-state index is 12.1. The van der Waals surface area contributed by atoms with Gasteiger partial charge in [-0.15, -0.1) is 0 Å². The van der Waals surface area contributed by atoms with E-state index in [0.717, 1.165) is 12.8 Å². The maximum Gasteiger partial charge on any atom is 0.336 e. The number of carboxylic acid groups (broad SMARTS) is 1. The Balaban J connectivity index is 2.88. The number of carbonyl (C=O) groups is 1. The molecule has 0 unspecified atom stereocenters. The van der Waals surface area contributed by atoms with E-state index in [1.807, 2.05) is 6.92 Å². The molecule has 0 radical (unpaired) electrons. The van der Waals surface area contributed by atoms with Crippen LogP contribution in [0.4, 0.5) is 0 Å². The third-order valence-corrected chi connectivity index (χ3v) is 4.71. The smallest absolute Gasteiger partial charge is 0.336 e. The van der Waals surface area contributed by atoms with Crippen LogP contribution in [0, 0.1) is 5.92 Å². The van der Waals surface area contributed by atoms with E-state index in [9.17, 15) is 13.2 Å². The van der Waals surface area contributed by atoms with Crippen LogP contribution in [0.25, 0.3) is 0 Å². The number of nitrogens with one attached hydrogen (secondary N) is 1. The third-order valence-electron chi connectivity index (χ3n) is 3.25. The molecule has 0 heterocycles. The van der Waals surface area contributed by atoms with Gasteiger partial charge in [-0.3, -0.25) is 0 Å². The molecule has 0 saturated carbocycles. The van der Waals surface area contributed by atoms with E-state index in [1.165, 1.54) is 12.1 Å². The van der Waals surface area contributed by atoms with Crippen molar-refractivity contribution < 1.29 is 18.3 Å². The van der Waals surface area contributed by atoms with Crippen molar-refractivity contribution in [3.8, 4) is 0 Å². The zero-order valence-corrected chi connectivity index (χ0v) is 13.5.